The van der Waals surface area contributed by atoms with Crippen molar-refractivity contribution in [2.24, 2.45) is 5.92 Å². The smallest absolute Gasteiger partial charge is 0.156 e. The van der Waals surface area contributed by atoms with Crippen molar-refractivity contribution >= 4 is 29.1 Å². The highest BCUT2D eigenvalue weighted by Gasteiger charge is 2.41. The molecular formula is C11H15NO3S. The Balaban J connectivity index is 2.07. The van der Waals surface area contributed by atoms with Gasteiger partial charge >= 0.3 is 0 Å². The number of carbonyl (C=O) groups excluding carboxylic acids is 3. The molecule has 1 N–H and O–H groups in total. The number of thioether (sulfide) groups is 1. The van der Waals surface area contributed by atoms with Crippen LogP contribution in [0.25, 0.3) is 0 Å². The van der Waals surface area contributed by atoms with E-state index >= 15 is 0 Å². The van der Waals surface area contributed by atoms with Crippen LogP contribution in [0.5, 0.6) is 0 Å². The van der Waals surface area contributed by atoms with Gasteiger partial charge in [0.1, 0.15) is 11.6 Å². The number of rotatable bonds is 0. The van der Waals surface area contributed by atoms with E-state index in [2.05, 4.69) is 5.32 Å². The maximum absolute atomic E-state index is 11.9. The van der Waals surface area contributed by atoms with Gasteiger partial charge in [-0.1, -0.05) is 0 Å². The molecule has 2 atom stereocenters. The first-order valence-corrected chi connectivity index (χ1v) is 6.64. The maximum atomic E-state index is 11.9. The zero-order valence-corrected chi connectivity index (χ0v) is 9.85. The van der Waals surface area contributed by atoms with Gasteiger partial charge in [0.05, 0.1) is 17.7 Å². The predicted molar refractivity (Wildman–Crippen MR) is 61.5 cm³/mol. The quantitative estimate of drug-likeness (QED) is 0.614. The lowest BCUT2D eigenvalue weighted by Gasteiger charge is -2.07. The van der Waals surface area contributed by atoms with Gasteiger partial charge in [-0.05, 0) is 6.42 Å². The molecule has 0 amide bonds. The number of hydrogen-bond acceptors (Lipinski definition) is 5. The van der Waals surface area contributed by atoms with Crippen molar-refractivity contribution in [3.63, 3.8) is 0 Å². The summed E-state index contributed by atoms with van der Waals surface area (Å²) in [6.45, 7) is 1.08. The molecule has 1 aliphatic heterocycles. The summed E-state index contributed by atoms with van der Waals surface area (Å²) in [7, 11) is 0. The molecule has 2 rings (SSSR count). The van der Waals surface area contributed by atoms with Crippen molar-refractivity contribution in [3.05, 3.63) is 0 Å². The van der Waals surface area contributed by atoms with Gasteiger partial charge in [0.25, 0.3) is 0 Å². The van der Waals surface area contributed by atoms with Crippen LogP contribution >= 0.6 is 11.8 Å². The number of Topliss-reactive ketones (excluding diaryl/α,β-unsaturated/α-hetero) is 3. The lowest BCUT2D eigenvalue weighted by molar-refractivity contribution is -0.127. The lowest BCUT2D eigenvalue weighted by Crippen LogP contribution is -2.25. The maximum Gasteiger partial charge on any atom is 0.156 e. The minimum Gasteiger partial charge on any atom is -0.309 e. The summed E-state index contributed by atoms with van der Waals surface area (Å²) in [4.78, 5) is 34.9. The molecule has 0 spiro atoms. The van der Waals surface area contributed by atoms with Crippen LogP contribution in [0.2, 0.25) is 0 Å². The highest BCUT2D eigenvalue weighted by Crippen LogP contribution is 2.31. The molecule has 88 valence electrons. The molecule has 0 aromatic heterocycles. The molecule has 2 fully saturated rings. The van der Waals surface area contributed by atoms with E-state index in [4.69, 9.17) is 0 Å². The van der Waals surface area contributed by atoms with Crippen molar-refractivity contribution in [1.82, 2.24) is 5.32 Å². The van der Waals surface area contributed by atoms with Crippen LogP contribution in [0, 0.1) is 5.92 Å². The molecule has 1 heterocycles. The van der Waals surface area contributed by atoms with Gasteiger partial charge in [0, 0.05) is 25.1 Å². The molecule has 0 aromatic rings. The topological polar surface area (TPSA) is 63.2 Å². The van der Waals surface area contributed by atoms with E-state index in [1.54, 1.807) is 0 Å². The van der Waals surface area contributed by atoms with Gasteiger partial charge in [0.15, 0.2) is 5.78 Å². The molecule has 1 saturated heterocycles. The van der Waals surface area contributed by atoms with Crippen LogP contribution in [0.4, 0.5) is 0 Å². The molecule has 2 unspecified atom stereocenters. The van der Waals surface area contributed by atoms with Gasteiger partial charge < -0.3 is 5.32 Å². The van der Waals surface area contributed by atoms with Gasteiger partial charge in [-0.15, -0.1) is 11.8 Å². The van der Waals surface area contributed by atoms with E-state index in [-0.39, 0.29) is 22.6 Å². The average Bonchev–Trinajstić information content (AvgIpc) is 2.49. The summed E-state index contributed by atoms with van der Waals surface area (Å²) in [6.07, 6.45) is 1.12. The van der Waals surface area contributed by atoms with E-state index in [9.17, 15) is 14.4 Å². The van der Waals surface area contributed by atoms with Crippen molar-refractivity contribution in [1.29, 1.82) is 0 Å². The Morgan fingerprint density at radius 1 is 1.25 bits per heavy atom. The van der Waals surface area contributed by atoms with E-state index in [0.29, 0.717) is 25.8 Å². The molecule has 2 aliphatic rings. The third-order valence-electron chi connectivity index (χ3n) is 3.07. The summed E-state index contributed by atoms with van der Waals surface area (Å²) in [6, 6.07) is 0. The number of carbonyl (C=O) groups is 3. The predicted octanol–water partition coefficient (Wildman–Crippen LogP) is 0.199. The standard InChI is InChI=1S/C11H15NO3S/c13-7-1-2-8-9(14)5-10(11(8)15)16-4-3-12-6-7/h8,10,12H,1-6H2. The van der Waals surface area contributed by atoms with Crippen LogP contribution in [0.3, 0.4) is 0 Å². The van der Waals surface area contributed by atoms with Gasteiger partial charge in [-0.3, -0.25) is 14.4 Å². The third kappa shape index (κ3) is 2.52. The Morgan fingerprint density at radius 2 is 2.06 bits per heavy atom. The normalized spacial score (nSPS) is 32.6. The summed E-state index contributed by atoms with van der Waals surface area (Å²) in [5.41, 5.74) is 0. The van der Waals surface area contributed by atoms with E-state index in [1.807, 2.05) is 0 Å². The zero-order chi connectivity index (χ0) is 11.5. The zero-order valence-electron chi connectivity index (χ0n) is 9.03. The second kappa shape index (κ2) is 5.10. The fraction of sp³-hybridized carbons (Fsp3) is 0.727. The number of fused-ring (bicyclic) bond motifs is 2. The van der Waals surface area contributed by atoms with Crippen LogP contribution in [0.15, 0.2) is 0 Å². The molecule has 4 nitrogen and oxygen atoms in total. The largest absolute Gasteiger partial charge is 0.309 e. The highest BCUT2D eigenvalue weighted by atomic mass is 32.2. The number of nitrogens with one attached hydrogen (secondary N) is 1. The van der Waals surface area contributed by atoms with Crippen molar-refractivity contribution in [2.75, 3.05) is 18.8 Å². The summed E-state index contributed by atoms with van der Waals surface area (Å²) >= 11 is 1.54. The minimum atomic E-state index is -0.500. The first kappa shape index (κ1) is 11.8. The van der Waals surface area contributed by atoms with Gasteiger partial charge in [-0.2, -0.15) is 0 Å². The molecule has 2 bridgehead atoms. The summed E-state index contributed by atoms with van der Waals surface area (Å²) in [5, 5.41) is 2.89. The minimum absolute atomic E-state index is 0.0313. The molecule has 1 saturated carbocycles. The molecular weight excluding hydrogens is 226 g/mol. The highest BCUT2D eigenvalue weighted by molar-refractivity contribution is 8.00. The molecule has 16 heavy (non-hydrogen) atoms. The molecule has 5 heteroatoms. The first-order chi connectivity index (χ1) is 7.68. The Bertz CT molecular complexity index is 329. The Kier molecular flexibility index (Phi) is 3.76. The Morgan fingerprint density at radius 3 is 2.88 bits per heavy atom. The monoisotopic (exact) mass is 241 g/mol. The van der Waals surface area contributed by atoms with Crippen LogP contribution < -0.4 is 5.32 Å². The third-order valence-corrected chi connectivity index (χ3v) is 4.31. The van der Waals surface area contributed by atoms with Crippen molar-refractivity contribution in [3.8, 4) is 0 Å². The van der Waals surface area contributed by atoms with Crippen molar-refractivity contribution in [2.45, 2.75) is 24.5 Å². The lowest BCUT2D eigenvalue weighted by atomic mass is 9.98. The van der Waals surface area contributed by atoms with Gasteiger partial charge in [0.2, 0.25) is 0 Å². The summed E-state index contributed by atoms with van der Waals surface area (Å²) in [5.74, 6) is 0.452. The Hall–Kier alpha value is -0.680. The SMILES string of the molecule is O=C1CCC2C(=O)CC(SCCNC1)C2=O. The fourth-order valence-corrected chi connectivity index (χ4v) is 3.31. The van der Waals surface area contributed by atoms with Crippen LogP contribution in [0.1, 0.15) is 19.3 Å². The van der Waals surface area contributed by atoms with E-state index in [1.165, 1.54) is 11.8 Å². The second-order valence-corrected chi connectivity index (χ2v) is 5.55. The first-order valence-electron chi connectivity index (χ1n) is 5.59. The molecule has 0 aromatic carbocycles. The fourth-order valence-electron chi connectivity index (χ4n) is 2.15. The summed E-state index contributed by atoms with van der Waals surface area (Å²) < 4.78 is 0. The average molecular weight is 241 g/mol. The number of ketones is 3. The van der Waals surface area contributed by atoms with E-state index in [0.717, 1.165) is 12.3 Å². The Labute approximate surface area is 98.5 Å². The second-order valence-electron chi connectivity index (χ2n) is 4.24. The number of hydrogen-bond donors (Lipinski definition) is 1. The van der Waals surface area contributed by atoms with Crippen molar-refractivity contribution < 1.29 is 14.4 Å². The molecule has 1 aliphatic carbocycles. The van der Waals surface area contributed by atoms with Gasteiger partial charge in [-0.25, -0.2) is 0 Å². The molecule has 0 radical (unpaired) electrons. The van der Waals surface area contributed by atoms with Crippen LogP contribution in [-0.2, 0) is 14.4 Å². The van der Waals surface area contributed by atoms with Crippen LogP contribution in [-0.4, -0.2) is 41.4 Å². The van der Waals surface area contributed by atoms with E-state index < -0.39 is 5.92 Å².